The van der Waals surface area contributed by atoms with Gasteiger partial charge in [-0.1, -0.05) is 24.3 Å². The van der Waals surface area contributed by atoms with Crippen LogP contribution in [-0.4, -0.2) is 34.1 Å². The molecule has 0 amide bonds. The van der Waals surface area contributed by atoms with Crippen LogP contribution in [0.3, 0.4) is 0 Å². The van der Waals surface area contributed by atoms with Crippen LogP contribution in [0.15, 0.2) is 60.7 Å². The Bertz CT molecular complexity index is 824. The third kappa shape index (κ3) is 4.78. The number of rotatable bonds is 4. The van der Waals surface area contributed by atoms with E-state index in [4.69, 9.17) is 0 Å². The van der Waals surface area contributed by atoms with Gasteiger partial charge in [-0.2, -0.15) is 0 Å². The zero-order valence-corrected chi connectivity index (χ0v) is 13.1. The molecule has 0 saturated carbocycles. The van der Waals surface area contributed by atoms with Crippen molar-refractivity contribution in [3.63, 3.8) is 0 Å². The molecule has 0 atom stereocenters. The monoisotopic (exact) mass is 356 g/mol. The van der Waals surface area contributed by atoms with E-state index in [0.29, 0.717) is 12.2 Å². The number of hydrogen-bond donors (Lipinski definition) is 2. The first kappa shape index (κ1) is 18.4. The zero-order valence-electron chi connectivity index (χ0n) is 13.1. The van der Waals surface area contributed by atoms with Gasteiger partial charge in [0.15, 0.2) is 0 Å². The van der Waals surface area contributed by atoms with Crippen molar-refractivity contribution in [3.8, 4) is 11.5 Å². The lowest BCUT2D eigenvalue weighted by molar-refractivity contribution is -0.135. The Hall–Kier alpha value is -3.94. The van der Waals surface area contributed by atoms with E-state index in [9.17, 15) is 29.4 Å². The molecule has 2 aromatic rings. The Balaban J connectivity index is 1.92. The summed E-state index contributed by atoms with van der Waals surface area (Å²) < 4.78 is 8.84. The molecule has 0 radical (unpaired) electrons. The highest BCUT2D eigenvalue weighted by molar-refractivity contribution is 6.05. The standard InChI is InChI=1S/C18H12O8/c19-13-7-3-1-5-11(13)17(23)25-15(21)9-10-16(22)26-18(24)12-6-2-4-8-14(12)20/h1-10,19-20H/b10-9+. The number of esters is 4. The molecule has 0 bridgehead atoms. The smallest absolute Gasteiger partial charge is 0.349 e. The highest BCUT2D eigenvalue weighted by Gasteiger charge is 2.17. The molecular weight excluding hydrogens is 344 g/mol. The van der Waals surface area contributed by atoms with Crippen molar-refractivity contribution in [2.75, 3.05) is 0 Å². The van der Waals surface area contributed by atoms with E-state index >= 15 is 0 Å². The van der Waals surface area contributed by atoms with E-state index < -0.39 is 23.9 Å². The van der Waals surface area contributed by atoms with Gasteiger partial charge in [-0.3, -0.25) is 0 Å². The number of carbonyl (C=O) groups is 4. The number of benzene rings is 2. The minimum Gasteiger partial charge on any atom is -0.507 e. The van der Waals surface area contributed by atoms with E-state index in [1.165, 1.54) is 48.5 Å². The highest BCUT2D eigenvalue weighted by Crippen LogP contribution is 2.17. The third-order valence-corrected chi connectivity index (χ3v) is 2.99. The van der Waals surface area contributed by atoms with Gasteiger partial charge in [-0.25, -0.2) is 19.2 Å². The summed E-state index contributed by atoms with van der Waals surface area (Å²) in [6.45, 7) is 0. The van der Waals surface area contributed by atoms with Gasteiger partial charge in [0.2, 0.25) is 0 Å². The quantitative estimate of drug-likeness (QED) is 0.481. The molecule has 26 heavy (non-hydrogen) atoms. The maximum Gasteiger partial charge on any atom is 0.349 e. The summed E-state index contributed by atoms with van der Waals surface area (Å²) in [7, 11) is 0. The van der Waals surface area contributed by atoms with Gasteiger partial charge >= 0.3 is 23.9 Å². The summed E-state index contributed by atoms with van der Waals surface area (Å²) in [5.74, 6) is -5.38. The molecule has 0 aromatic heterocycles. The molecule has 0 saturated heterocycles. The Morgan fingerprint density at radius 1 is 0.654 bits per heavy atom. The van der Waals surface area contributed by atoms with Crippen molar-refractivity contribution in [2.24, 2.45) is 0 Å². The molecule has 8 heteroatoms. The minimum atomic E-state index is -1.20. The number of aromatic hydroxyl groups is 2. The normalized spacial score (nSPS) is 10.3. The summed E-state index contributed by atoms with van der Waals surface area (Å²) in [6, 6.07) is 10.8. The van der Waals surface area contributed by atoms with Crippen molar-refractivity contribution < 1.29 is 38.9 Å². The van der Waals surface area contributed by atoms with Crippen molar-refractivity contribution in [3.05, 3.63) is 71.8 Å². The third-order valence-electron chi connectivity index (χ3n) is 2.99. The molecular formula is C18H12O8. The van der Waals surface area contributed by atoms with E-state index in [2.05, 4.69) is 9.47 Å². The van der Waals surface area contributed by atoms with Gasteiger partial charge in [0.05, 0.1) is 0 Å². The average Bonchev–Trinajstić information content (AvgIpc) is 2.60. The molecule has 0 heterocycles. The molecule has 0 fully saturated rings. The van der Waals surface area contributed by atoms with E-state index in [0.717, 1.165) is 0 Å². The predicted molar refractivity (Wildman–Crippen MR) is 86.2 cm³/mol. The maximum atomic E-state index is 11.7. The Kier molecular flexibility index (Phi) is 5.83. The second kappa shape index (κ2) is 8.25. The molecule has 0 unspecified atom stereocenters. The zero-order chi connectivity index (χ0) is 19.1. The molecule has 132 valence electrons. The van der Waals surface area contributed by atoms with Crippen LogP contribution in [0.5, 0.6) is 11.5 Å². The van der Waals surface area contributed by atoms with Gasteiger partial charge in [0.25, 0.3) is 0 Å². The van der Waals surface area contributed by atoms with E-state index in [1.54, 1.807) is 0 Å². The number of ether oxygens (including phenoxy) is 2. The minimum absolute atomic E-state index is 0.230. The molecule has 0 spiro atoms. The summed E-state index contributed by atoms with van der Waals surface area (Å²) in [5.41, 5.74) is -0.460. The Labute approximate surface area is 146 Å². The fourth-order valence-corrected chi connectivity index (χ4v) is 1.79. The Morgan fingerprint density at radius 3 is 1.35 bits per heavy atom. The SMILES string of the molecule is O=C(/C=C/C(=O)OC(=O)c1ccccc1O)OC(=O)c1ccccc1O. The molecule has 2 N–H and O–H groups in total. The van der Waals surface area contributed by atoms with Crippen LogP contribution >= 0.6 is 0 Å². The fourth-order valence-electron chi connectivity index (χ4n) is 1.79. The van der Waals surface area contributed by atoms with Gasteiger partial charge < -0.3 is 19.7 Å². The second-order valence-corrected chi connectivity index (χ2v) is 4.78. The summed E-state index contributed by atoms with van der Waals surface area (Å²) in [5, 5.41) is 19.0. The summed E-state index contributed by atoms with van der Waals surface area (Å²) >= 11 is 0. The maximum absolute atomic E-state index is 11.7. The predicted octanol–water partition coefficient (Wildman–Crippen LogP) is 1.72. The number of phenolic OH excluding ortho intramolecular Hbond substituents is 2. The lowest BCUT2D eigenvalue weighted by Gasteiger charge is -2.03. The molecule has 0 aliphatic carbocycles. The van der Waals surface area contributed by atoms with Crippen LogP contribution in [0.2, 0.25) is 0 Å². The molecule has 0 aliphatic rings. The average molecular weight is 356 g/mol. The van der Waals surface area contributed by atoms with Crippen molar-refractivity contribution in [1.29, 1.82) is 0 Å². The molecule has 8 nitrogen and oxygen atoms in total. The number of carbonyl (C=O) groups excluding carboxylic acids is 4. The summed E-state index contributed by atoms with van der Waals surface area (Å²) in [4.78, 5) is 46.4. The first-order valence-electron chi connectivity index (χ1n) is 7.15. The van der Waals surface area contributed by atoms with E-state index in [1.807, 2.05) is 0 Å². The van der Waals surface area contributed by atoms with Gasteiger partial charge in [-0.05, 0) is 24.3 Å². The van der Waals surface area contributed by atoms with Crippen LogP contribution < -0.4 is 0 Å². The van der Waals surface area contributed by atoms with Crippen molar-refractivity contribution in [2.45, 2.75) is 0 Å². The second-order valence-electron chi connectivity index (χ2n) is 4.78. The highest BCUT2D eigenvalue weighted by atomic mass is 16.6. The molecule has 0 aliphatic heterocycles. The largest absolute Gasteiger partial charge is 0.507 e. The fraction of sp³-hybridized carbons (Fsp3) is 0. The number of hydrogen-bond acceptors (Lipinski definition) is 8. The van der Waals surface area contributed by atoms with E-state index in [-0.39, 0.29) is 22.6 Å². The van der Waals surface area contributed by atoms with Crippen LogP contribution in [0.4, 0.5) is 0 Å². The molecule has 2 aromatic carbocycles. The van der Waals surface area contributed by atoms with Crippen LogP contribution in [0.1, 0.15) is 20.7 Å². The van der Waals surface area contributed by atoms with Crippen molar-refractivity contribution in [1.82, 2.24) is 0 Å². The van der Waals surface area contributed by atoms with Gasteiger partial charge in [-0.15, -0.1) is 0 Å². The van der Waals surface area contributed by atoms with Gasteiger partial charge in [0, 0.05) is 12.2 Å². The number of para-hydroxylation sites is 2. The first-order chi connectivity index (χ1) is 12.4. The lowest BCUT2D eigenvalue weighted by Crippen LogP contribution is -2.13. The molecule has 2 rings (SSSR count). The van der Waals surface area contributed by atoms with Crippen LogP contribution in [0.25, 0.3) is 0 Å². The lowest BCUT2D eigenvalue weighted by atomic mass is 10.2. The van der Waals surface area contributed by atoms with Crippen LogP contribution in [-0.2, 0) is 19.1 Å². The van der Waals surface area contributed by atoms with Gasteiger partial charge in [0.1, 0.15) is 22.6 Å². The summed E-state index contributed by atoms with van der Waals surface area (Å²) in [6.07, 6.45) is 1.16. The van der Waals surface area contributed by atoms with Crippen LogP contribution in [0, 0.1) is 0 Å². The topological polar surface area (TPSA) is 127 Å². The Morgan fingerprint density at radius 2 is 1.00 bits per heavy atom. The number of phenols is 2. The van der Waals surface area contributed by atoms with Crippen molar-refractivity contribution >= 4 is 23.9 Å². The first-order valence-corrected chi connectivity index (χ1v) is 7.15.